The Hall–Kier alpha value is -1.36. The maximum atomic E-state index is 10.9. The Balaban J connectivity index is 3.54. The molecule has 100 valence electrons. The van der Waals surface area contributed by atoms with Crippen molar-refractivity contribution in [2.24, 2.45) is 0 Å². The first kappa shape index (κ1) is 14.7. The SMILES string of the molecule is CC(C)c1cc(C=O)cc(C(C)C)c1O[SH](=O)=O. The number of hydrogen-bond acceptors (Lipinski definition) is 4. The lowest BCUT2D eigenvalue weighted by Gasteiger charge is -2.18. The smallest absolute Gasteiger partial charge is 0.299 e. The minimum atomic E-state index is -2.96. The zero-order valence-electron chi connectivity index (χ0n) is 11.0. The summed E-state index contributed by atoms with van der Waals surface area (Å²) in [6.07, 6.45) is 0.763. The highest BCUT2D eigenvalue weighted by atomic mass is 32.2. The van der Waals surface area contributed by atoms with Gasteiger partial charge in [0, 0.05) is 5.56 Å². The quantitative estimate of drug-likeness (QED) is 0.660. The van der Waals surface area contributed by atoms with E-state index in [0.29, 0.717) is 11.3 Å². The van der Waals surface area contributed by atoms with Crippen molar-refractivity contribution in [1.29, 1.82) is 0 Å². The van der Waals surface area contributed by atoms with Gasteiger partial charge in [-0.2, -0.15) is 8.42 Å². The molecule has 0 amide bonds. The van der Waals surface area contributed by atoms with E-state index in [2.05, 4.69) is 0 Å². The van der Waals surface area contributed by atoms with E-state index in [1.807, 2.05) is 27.7 Å². The van der Waals surface area contributed by atoms with E-state index in [-0.39, 0.29) is 11.8 Å². The van der Waals surface area contributed by atoms with E-state index < -0.39 is 11.0 Å². The van der Waals surface area contributed by atoms with Crippen LogP contribution in [-0.2, 0) is 11.0 Å². The van der Waals surface area contributed by atoms with Gasteiger partial charge in [0.2, 0.25) is 0 Å². The molecule has 0 unspecified atom stereocenters. The van der Waals surface area contributed by atoms with Gasteiger partial charge in [0.25, 0.3) is 11.0 Å². The predicted molar refractivity (Wildman–Crippen MR) is 71.0 cm³/mol. The summed E-state index contributed by atoms with van der Waals surface area (Å²) in [6.45, 7) is 7.72. The molecule has 5 heteroatoms. The fourth-order valence-electron chi connectivity index (χ4n) is 1.80. The van der Waals surface area contributed by atoms with Gasteiger partial charge in [-0.15, -0.1) is 0 Å². The Morgan fingerprint density at radius 3 is 1.78 bits per heavy atom. The molecule has 0 spiro atoms. The van der Waals surface area contributed by atoms with Gasteiger partial charge in [0.1, 0.15) is 12.0 Å². The van der Waals surface area contributed by atoms with Crippen LogP contribution in [0.3, 0.4) is 0 Å². The van der Waals surface area contributed by atoms with E-state index in [0.717, 1.165) is 17.4 Å². The molecule has 0 aliphatic carbocycles. The summed E-state index contributed by atoms with van der Waals surface area (Å²) in [7, 11) is -2.96. The Morgan fingerprint density at radius 2 is 1.50 bits per heavy atom. The van der Waals surface area contributed by atoms with Gasteiger partial charge >= 0.3 is 0 Å². The normalized spacial score (nSPS) is 11.3. The number of carbonyl (C=O) groups excluding carboxylic acids is 1. The van der Waals surface area contributed by atoms with Crippen LogP contribution in [0.2, 0.25) is 0 Å². The summed E-state index contributed by atoms with van der Waals surface area (Å²) in [5.41, 5.74) is 2.01. The van der Waals surface area contributed by atoms with Crippen molar-refractivity contribution in [3.63, 3.8) is 0 Å². The lowest BCUT2D eigenvalue weighted by molar-refractivity contribution is 0.112. The second kappa shape index (κ2) is 6.00. The van der Waals surface area contributed by atoms with Gasteiger partial charge in [-0.05, 0) is 35.1 Å². The molecule has 0 saturated carbocycles. The maximum absolute atomic E-state index is 10.9. The van der Waals surface area contributed by atoms with Crippen molar-refractivity contribution in [3.8, 4) is 5.75 Å². The Bertz CT molecular complexity index is 479. The Labute approximate surface area is 109 Å². The fourth-order valence-corrected chi connectivity index (χ4v) is 2.16. The number of thiol groups is 1. The van der Waals surface area contributed by atoms with Gasteiger partial charge in [-0.3, -0.25) is 4.79 Å². The molecule has 0 aliphatic heterocycles. The molecule has 0 bridgehead atoms. The molecule has 0 heterocycles. The number of hydrogen-bond donors (Lipinski definition) is 1. The van der Waals surface area contributed by atoms with E-state index in [4.69, 9.17) is 4.18 Å². The third-order valence-corrected chi connectivity index (χ3v) is 3.05. The van der Waals surface area contributed by atoms with E-state index >= 15 is 0 Å². The van der Waals surface area contributed by atoms with Crippen LogP contribution in [0.15, 0.2) is 12.1 Å². The third-order valence-electron chi connectivity index (χ3n) is 2.71. The summed E-state index contributed by atoms with van der Waals surface area (Å²) >= 11 is 0. The average Bonchev–Trinajstić information content (AvgIpc) is 2.27. The molecule has 0 aliphatic rings. The lowest BCUT2D eigenvalue weighted by atomic mass is 9.92. The minimum absolute atomic E-state index is 0.0762. The molecule has 1 rings (SSSR count). The van der Waals surface area contributed by atoms with Crippen LogP contribution in [0.25, 0.3) is 0 Å². The maximum Gasteiger partial charge on any atom is 0.299 e. The van der Waals surface area contributed by atoms with Crippen LogP contribution in [0.1, 0.15) is 61.0 Å². The van der Waals surface area contributed by atoms with Crippen molar-refractivity contribution in [1.82, 2.24) is 0 Å². The number of carbonyl (C=O) groups is 1. The zero-order chi connectivity index (χ0) is 13.9. The number of rotatable bonds is 5. The molecular formula is C13H18O4S. The van der Waals surface area contributed by atoms with Gasteiger partial charge in [-0.1, -0.05) is 27.7 Å². The van der Waals surface area contributed by atoms with Crippen LogP contribution in [0.5, 0.6) is 5.75 Å². The summed E-state index contributed by atoms with van der Waals surface area (Å²) in [6, 6.07) is 3.36. The molecule has 0 fully saturated rings. The highest BCUT2D eigenvalue weighted by molar-refractivity contribution is 7.67. The number of aldehydes is 1. The molecule has 18 heavy (non-hydrogen) atoms. The molecule has 1 aromatic rings. The van der Waals surface area contributed by atoms with Gasteiger partial charge in [0.15, 0.2) is 0 Å². The third kappa shape index (κ3) is 3.32. The molecule has 0 saturated heterocycles. The standard InChI is InChI=1S/C13H18O4S/c1-8(2)11-5-10(7-14)6-12(9(3)4)13(11)17-18(15)16/h5-9,18H,1-4H3. The molecule has 0 radical (unpaired) electrons. The van der Waals surface area contributed by atoms with Crippen LogP contribution < -0.4 is 4.18 Å². The Kier molecular flexibility index (Phi) is 4.90. The van der Waals surface area contributed by atoms with E-state index in [9.17, 15) is 13.2 Å². The first-order valence-electron chi connectivity index (χ1n) is 5.82. The molecule has 0 N–H and O–H groups in total. The Morgan fingerprint density at radius 1 is 1.06 bits per heavy atom. The summed E-state index contributed by atoms with van der Waals surface area (Å²) in [5.74, 6) is 0.515. The van der Waals surface area contributed by atoms with Crippen molar-refractivity contribution in [2.75, 3.05) is 0 Å². The van der Waals surface area contributed by atoms with Crippen molar-refractivity contribution >= 4 is 17.3 Å². The summed E-state index contributed by atoms with van der Waals surface area (Å²) in [5, 5.41) is 0. The van der Waals surface area contributed by atoms with Crippen LogP contribution >= 0.6 is 0 Å². The second-order valence-corrected chi connectivity index (χ2v) is 5.40. The molecule has 4 nitrogen and oxygen atoms in total. The molecule has 0 aromatic heterocycles. The topological polar surface area (TPSA) is 60.4 Å². The monoisotopic (exact) mass is 270 g/mol. The van der Waals surface area contributed by atoms with Crippen molar-refractivity contribution < 1.29 is 17.4 Å². The van der Waals surface area contributed by atoms with Crippen molar-refractivity contribution in [2.45, 2.75) is 39.5 Å². The van der Waals surface area contributed by atoms with Crippen molar-refractivity contribution in [3.05, 3.63) is 28.8 Å². The fraction of sp³-hybridized carbons (Fsp3) is 0.462. The highest BCUT2D eigenvalue weighted by Gasteiger charge is 2.18. The van der Waals surface area contributed by atoms with Gasteiger partial charge in [0.05, 0.1) is 0 Å². The van der Waals surface area contributed by atoms with E-state index in [1.54, 1.807) is 12.1 Å². The van der Waals surface area contributed by atoms with E-state index in [1.165, 1.54) is 0 Å². The van der Waals surface area contributed by atoms with Crippen LogP contribution in [0, 0.1) is 0 Å². The lowest BCUT2D eigenvalue weighted by Crippen LogP contribution is -2.04. The first-order valence-corrected chi connectivity index (χ1v) is 6.91. The van der Waals surface area contributed by atoms with Gasteiger partial charge < -0.3 is 4.18 Å². The zero-order valence-corrected chi connectivity index (χ0v) is 11.9. The van der Waals surface area contributed by atoms with Crippen LogP contribution in [0.4, 0.5) is 0 Å². The molecular weight excluding hydrogens is 252 g/mol. The molecule has 0 atom stereocenters. The first-order chi connectivity index (χ1) is 8.36. The number of benzene rings is 1. The summed E-state index contributed by atoms with van der Waals surface area (Å²) in [4.78, 5) is 10.9. The average molecular weight is 270 g/mol. The minimum Gasteiger partial charge on any atom is -0.384 e. The molecule has 1 aromatic carbocycles. The van der Waals surface area contributed by atoms with Crippen LogP contribution in [-0.4, -0.2) is 14.7 Å². The second-order valence-electron chi connectivity index (χ2n) is 4.77. The largest absolute Gasteiger partial charge is 0.384 e. The van der Waals surface area contributed by atoms with Gasteiger partial charge in [-0.25, -0.2) is 0 Å². The summed E-state index contributed by atoms with van der Waals surface area (Å²) < 4.78 is 26.6. The highest BCUT2D eigenvalue weighted by Crippen LogP contribution is 2.35. The predicted octanol–water partition coefficient (Wildman–Crippen LogP) is 2.65.